The van der Waals surface area contributed by atoms with Gasteiger partial charge in [0.2, 0.25) is 0 Å². The highest BCUT2D eigenvalue weighted by Gasteiger charge is 2.34. The number of alkyl halides is 3. The molecule has 0 atom stereocenters. The van der Waals surface area contributed by atoms with Gasteiger partial charge in [-0.2, -0.15) is 13.2 Å². The Morgan fingerprint density at radius 2 is 1.08 bits per heavy atom. The summed E-state index contributed by atoms with van der Waals surface area (Å²) in [6.07, 6.45) is -4.84. The van der Waals surface area contributed by atoms with Gasteiger partial charge >= 0.3 is 6.18 Å². The topological polar surface area (TPSA) is 66.4 Å². The van der Waals surface area contributed by atoms with Crippen LogP contribution in [0.15, 0.2) is 129 Å². The van der Waals surface area contributed by atoms with Crippen molar-refractivity contribution in [2.45, 2.75) is 52.1 Å². The smallest absolute Gasteiger partial charge is 0.417 e. The lowest BCUT2D eigenvalue weighted by molar-refractivity contribution is -0.140. The van der Waals surface area contributed by atoms with Crippen LogP contribution in [-0.2, 0) is 27.2 Å². The lowest BCUT2D eigenvalue weighted by atomic mass is 10.2. The first-order chi connectivity index (χ1) is 17.8. The highest BCUT2D eigenvalue weighted by atomic mass is 32.2. The van der Waals surface area contributed by atoms with E-state index in [4.69, 9.17) is 4.74 Å². The molecule has 0 saturated heterocycles. The number of hydrogen-bond acceptors (Lipinski definition) is 4. The summed E-state index contributed by atoms with van der Waals surface area (Å²) in [5, 5.41) is 0. The van der Waals surface area contributed by atoms with Crippen molar-refractivity contribution in [1.82, 2.24) is 0 Å². The van der Waals surface area contributed by atoms with E-state index in [1.54, 1.807) is 0 Å². The highest BCUT2D eigenvalue weighted by molar-refractivity contribution is 7.97. The van der Waals surface area contributed by atoms with Crippen molar-refractivity contribution < 1.29 is 30.9 Å². The fourth-order valence-corrected chi connectivity index (χ4v) is 6.22. The second kappa shape index (κ2) is 12.1. The second-order valence-corrected chi connectivity index (χ2v) is 12.4. The van der Waals surface area contributed by atoms with Crippen LogP contribution in [0.25, 0.3) is 0 Å². The van der Waals surface area contributed by atoms with E-state index < -0.39 is 26.8 Å². The maximum absolute atomic E-state index is 12.2. The molecule has 0 aliphatic carbocycles. The largest absolute Gasteiger partial charge is 0.744 e. The van der Waals surface area contributed by atoms with Crippen LogP contribution in [0.1, 0.15) is 26.3 Å². The van der Waals surface area contributed by atoms with Gasteiger partial charge in [0.25, 0.3) is 0 Å². The SMILES string of the molecule is CC(C)(C)Oc1ccc([S+](c2ccccc2)c2ccccc2)cc1.O=S(=O)([O-])c1ccccc1C(F)(F)F. The second-order valence-electron chi connectivity index (χ2n) is 9.07. The van der Waals surface area contributed by atoms with E-state index in [2.05, 4.69) is 106 Å². The molecule has 4 nitrogen and oxygen atoms in total. The Hall–Kier alpha value is -3.27. The minimum Gasteiger partial charge on any atom is -0.744 e. The first-order valence-electron chi connectivity index (χ1n) is 11.5. The van der Waals surface area contributed by atoms with Gasteiger partial charge in [-0.25, -0.2) is 8.42 Å². The van der Waals surface area contributed by atoms with Crippen LogP contribution in [0, 0.1) is 0 Å². The van der Waals surface area contributed by atoms with Crippen molar-refractivity contribution >= 4 is 21.0 Å². The molecule has 0 heterocycles. The predicted molar refractivity (Wildman–Crippen MR) is 141 cm³/mol. The summed E-state index contributed by atoms with van der Waals surface area (Å²) in [5.74, 6) is 0.913. The molecule has 4 aromatic rings. The van der Waals surface area contributed by atoms with Crippen LogP contribution in [0.2, 0.25) is 0 Å². The van der Waals surface area contributed by atoms with E-state index in [1.807, 2.05) is 0 Å². The Morgan fingerprint density at radius 1 is 0.658 bits per heavy atom. The molecular weight excluding hydrogens is 533 g/mol. The summed E-state index contributed by atoms with van der Waals surface area (Å²) in [5.41, 5.74) is -1.61. The molecule has 4 aromatic carbocycles. The van der Waals surface area contributed by atoms with Crippen molar-refractivity contribution in [1.29, 1.82) is 0 Å². The molecule has 0 fully saturated rings. The molecule has 0 spiro atoms. The van der Waals surface area contributed by atoms with Crippen LogP contribution >= 0.6 is 0 Å². The van der Waals surface area contributed by atoms with Gasteiger partial charge < -0.3 is 9.29 Å². The Labute approximate surface area is 224 Å². The minimum atomic E-state index is -5.09. The van der Waals surface area contributed by atoms with Crippen molar-refractivity contribution in [2.24, 2.45) is 0 Å². The van der Waals surface area contributed by atoms with E-state index in [0.717, 1.165) is 17.9 Å². The Kier molecular flexibility index (Phi) is 9.30. The van der Waals surface area contributed by atoms with Crippen LogP contribution in [0.4, 0.5) is 13.2 Å². The quantitative estimate of drug-likeness (QED) is 0.187. The molecule has 0 radical (unpaired) electrons. The Morgan fingerprint density at radius 3 is 1.47 bits per heavy atom. The number of hydrogen-bond donors (Lipinski definition) is 0. The summed E-state index contributed by atoms with van der Waals surface area (Å²) >= 11 is 0. The number of halogens is 3. The van der Waals surface area contributed by atoms with Gasteiger partial charge in [-0.1, -0.05) is 48.5 Å². The molecule has 0 bridgehead atoms. The van der Waals surface area contributed by atoms with Crippen LogP contribution < -0.4 is 4.74 Å². The zero-order valence-electron chi connectivity index (χ0n) is 21.0. The summed E-state index contributed by atoms with van der Waals surface area (Å²) in [7, 11) is -5.19. The Bertz CT molecular complexity index is 1380. The van der Waals surface area contributed by atoms with Crippen molar-refractivity contribution in [3.63, 3.8) is 0 Å². The molecule has 0 saturated carbocycles. The zero-order chi connectivity index (χ0) is 28.0. The third-order valence-electron chi connectivity index (χ3n) is 4.90. The molecule has 0 aliphatic heterocycles. The lowest BCUT2D eigenvalue weighted by Crippen LogP contribution is -2.22. The summed E-state index contributed by atoms with van der Waals surface area (Å²) < 4.78 is 73.8. The van der Waals surface area contributed by atoms with Gasteiger partial charge in [-0.3, -0.25) is 0 Å². The molecule has 38 heavy (non-hydrogen) atoms. The van der Waals surface area contributed by atoms with Crippen molar-refractivity contribution in [3.05, 3.63) is 115 Å². The van der Waals surface area contributed by atoms with Gasteiger partial charge in [-0.05, 0) is 81.4 Å². The normalized spacial score (nSPS) is 12.0. The average Bonchev–Trinajstić information content (AvgIpc) is 2.85. The standard InChI is InChI=1S/C22H23OS.C7H5F3O3S/c1-22(2,3)23-18-14-16-21(17-15-18)24(19-10-6-4-7-11-19)20-12-8-5-9-13-20;8-7(9,10)5-3-1-2-4-6(5)14(11,12)13/h4-17H,1-3H3;1-4H,(H,11,12,13)/q+1;/p-1. The molecule has 0 N–H and O–H groups in total. The van der Waals surface area contributed by atoms with E-state index in [-0.39, 0.29) is 16.5 Å². The maximum Gasteiger partial charge on any atom is 0.417 e. The first kappa shape index (κ1) is 29.3. The fraction of sp³-hybridized carbons (Fsp3) is 0.172. The number of benzene rings is 4. The van der Waals surface area contributed by atoms with E-state index >= 15 is 0 Å². The van der Waals surface area contributed by atoms with Crippen LogP contribution in [0.5, 0.6) is 5.75 Å². The van der Waals surface area contributed by atoms with Gasteiger partial charge in [-0.15, -0.1) is 0 Å². The maximum atomic E-state index is 12.2. The summed E-state index contributed by atoms with van der Waals surface area (Å²) in [6, 6.07) is 33.1. The first-order valence-corrected chi connectivity index (χ1v) is 14.1. The third kappa shape index (κ3) is 8.37. The third-order valence-corrected chi connectivity index (χ3v) is 8.03. The van der Waals surface area contributed by atoms with Gasteiger partial charge in [0, 0.05) is 0 Å². The molecule has 0 aromatic heterocycles. The monoisotopic (exact) mass is 560 g/mol. The number of ether oxygens (including phenoxy) is 1. The molecular formula is C29H27F3O4S2. The average molecular weight is 561 g/mol. The molecule has 0 aliphatic rings. The highest BCUT2D eigenvalue weighted by Crippen LogP contribution is 2.34. The van der Waals surface area contributed by atoms with Gasteiger partial charge in [0.15, 0.2) is 14.7 Å². The summed E-state index contributed by atoms with van der Waals surface area (Å²) in [6.45, 7) is 6.21. The number of rotatable bonds is 5. The van der Waals surface area contributed by atoms with E-state index in [9.17, 15) is 26.1 Å². The van der Waals surface area contributed by atoms with Crippen molar-refractivity contribution in [2.75, 3.05) is 0 Å². The summed E-state index contributed by atoms with van der Waals surface area (Å²) in [4.78, 5) is 2.71. The Balaban J connectivity index is 0.000000244. The molecule has 4 rings (SSSR count). The van der Waals surface area contributed by atoms with E-state index in [1.165, 1.54) is 14.7 Å². The minimum absolute atomic E-state index is 0.102. The van der Waals surface area contributed by atoms with Crippen LogP contribution in [-0.4, -0.2) is 18.6 Å². The molecule has 0 unspecified atom stereocenters. The predicted octanol–water partition coefficient (Wildman–Crippen LogP) is 7.57. The van der Waals surface area contributed by atoms with Gasteiger partial charge in [0.1, 0.15) is 21.5 Å². The lowest BCUT2D eigenvalue weighted by Gasteiger charge is -2.21. The fourth-order valence-electron chi connectivity index (χ4n) is 3.44. The van der Waals surface area contributed by atoms with Crippen molar-refractivity contribution in [3.8, 4) is 5.75 Å². The van der Waals surface area contributed by atoms with Gasteiger partial charge in [0.05, 0.1) is 21.4 Å². The van der Waals surface area contributed by atoms with E-state index in [0.29, 0.717) is 12.1 Å². The van der Waals surface area contributed by atoms with Crippen LogP contribution in [0.3, 0.4) is 0 Å². The molecule has 0 amide bonds. The molecule has 200 valence electrons. The zero-order valence-corrected chi connectivity index (χ0v) is 22.6. The molecule has 9 heteroatoms.